The second kappa shape index (κ2) is 10.8. The third-order valence-electron chi connectivity index (χ3n) is 4.17. The summed E-state index contributed by atoms with van der Waals surface area (Å²) in [5.41, 5.74) is 0. The Morgan fingerprint density at radius 2 is 1.40 bits per heavy atom. The molecule has 3 nitrogen and oxygen atoms in total. The van der Waals surface area contributed by atoms with E-state index < -0.39 is 8.32 Å². The fourth-order valence-electron chi connectivity index (χ4n) is 1.66. The van der Waals surface area contributed by atoms with Gasteiger partial charge in [0.25, 0.3) is 0 Å². The Hall–Kier alpha value is 0.0969. The van der Waals surface area contributed by atoms with E-state index in [-0.39, 0.29) is 0 Å². The summed E-state index contributed by atoms with van der Waals surface area (Å²) in [5.74, 6) is 0. The van der Waals surface area contributed by atoms with Crippen LogP contribution in [0.4, 0.5) is 0 Å². The van der Waals surface area contributed by atoms with Crippen LogP contribution in [-0.4, -0.2) is 41.7 Å². The van der Waals surface area contributed by atoms with Crippen LogP contribution in [0.25, 0.3) is 0 Å². The van der Waals surface area contributed by atoms with Gasteiger partial charge in [-0.1, -0.05) is 33.6 Å². The van der Waals surface area contributed by atoms with Crippen molar-refractivity contribution in [3.05, 3.63) is 0 Å². The topological polar surface area (TPSA) is 30.5 Å². The van der Waals surface area contributed by atoms with E-state index in [1.165, 1.54) is 25.7 Å². The first-order valence-corrected chi connectivity index (χ1v) is 11.1. The van der Waals surface area contributed by atoms with Crippen LogP contribution >= 0.6 is 0 Å². The normalized spacial score (nSPS) is 12.9. The summed E-state index contributed by atoms with van der Waals surface area (Å²) in [5, 5.41) is 3.45. The van der Waals surface area contributed by atoms with E-state index >= 15 is 0 Å². The summed E-state index contributed by atoms with van der Waals surface area (Å²) in [4.78, 5) is 0. The number of rotatable bonds is 12. The predicted octanol–water partition coefficient (Wildman–Crippen LogP) is 4.19. The molecule has 0 aliphatic rings. The third kappa shape index (κ3) is 9.92. The Bertz CT molecular complexity index is 227. The Labute approximate surface area is 127 Å². The van der Waals surface area contributed by atoms with Crippen LogP contribution < -0.4 is 5.32 Å². The summed E-state index contributed by atoms with van der Waals surface area (Å²) < 4.78 is 11.7. The van der Waals surface area contributed by atoms with Crippen LogP contribution in [-0.2, 0) is 9.16 Å². The lowest BCUT2D eigenvalue weighted by atomic mass is 10.2. The molecule has 0 rings (SSSR count). The molecule has 0 aliphatic carbocycles. The Morgan fingerprint density at radius 3 is 1.95 bits per heavy atom. The molecule has 4 heteroatoms. The van der Waals surface area contributed by atoms with Crippen molar-refractivity contribution in [2.75, 3.05) is 33.4 Å². The molecular formula is C16H37NO2Si. The summed E-state index contributed by atoms with van der Waals surface area (Å²) in [7, 11) is 0.448. The van der Waals surface area contributed by atoms with Crippen molar-refractivity contribution in [2.45, 2.75) is 71.0 Å². The minimum absolute atomic E-state index is 0.328. The van der Waals surface area contributed by atoms with Gasteiger partial charge < -0.3 is 14.5 Å². The van der Waals surface area contributed by atoms with Gasteiger partial charge in [0.2, 0.25) is 0 Å². The van der Waals surface area contributed by atoms with Crippen molar-refractivity contribution in [1.29, 1.82) is 0 Å². The van der Waals surface area contributed by atoms with E-state index in [2.05, 4.69) is 39.2 Å². The molecular weight excluding hydrogens is 266 g/mol. The smallest absolute Gasteiger partial charge is 0.191 e. The summed E-state index contributed by atoms with van der Waals surface area (Å²) in [6.07, 6.45) is 5.99. The highest BCUT2D eigenvalue weighted by molar-refractivity contribution is 6.74. The Morgan fingerprint density at radius 1 is 0.850 bits per heavy atom. The first-order chi connectivity index (χ1) is 9.31. The van der Waals surface area contributed by atoms with Crippen LogP contribution in [0.5, 0.6) is 0 Å². The highest BCUT2D eigenvalue weighted by atomic mass is 28.4. The number of hydrogen-bond acceptors (Lipinski definition) is 3. The highest BCUT2D eigenvalue weighted by Gasteiger charge is 2.36. The number of unbranched alkanes of at least 4 members (excludes halogenated alkanes) is 3. The summed E-state index contributed by atoms with van der Waals surface area (Å²) in [6, 6.07) is 0. The lowest BCUT2D eigenvalue weighted by Gasteiger charge is -2.36. The average molecular weight is 304 g/mol. The molecule has 0 aliphatic heterocycles. The molecule has 0 fully saturated rings. The largest absolute Gasteiger partial charge is 0.417 e. The first-order valence-electron chi connectivity index (χ1n) is 8.17. The third-order valence-corrected chi connectivity index (χ3v) is 8.71. The van der Waals surface area contributed by atoms with Gasteiger partial charge in [-0.3, -0.25) is 0 Å². The van der Waals surface area contributed by atoms with Gasteiger partial charge in [0.1, 0.15) is 0 Å². The molecule has 0 aromatic carbocycles. The molecule has 0 saturated carbocycles. The van der Waals surface area contributed by atoms with Crippen LogP contribution in [0, 0.1) is 0 Å². The molecule has 0 saturated heterocycles. The minimum atomic E-state index is -1.53. The molecule has 0 aromatic rings. The van der Waals surface area contributed by atoms with E-state index in [1.54, 1.807) is 0 Å². The molecule has 0 unspecified atom stereocenters. The van der Waals surface area contributed by atoms with Crippen molar-refractivity contribution in [3.8, 4) is 0 Å². The summed E-state index contributed by atoms with van der Waals surface area (Å²) >= 11 is 0. The van der Waals surface area contributed by atoms with Gasteiger partial charge in [0.05, 0.1) is 0 Å². The monoisotopic (exact) mass is 303 g/mol. The van der Waals surface area contributed by atoms with Crippen molar-refractivity contribution >= 4 is 8.32 Å². The van der Waals surface area contributed by atoms with Crippen molar-refractivity contribution in [3.63, 3.8) is 0 Å². The maximum Gasteiger partial charge on any atom is 0.191 e. The lowest BCUT2D eigenvalue weighted by molar-refractivity contribution is 0.127. The average Bonchev–Trinajstić information content (AvgIpc) is 2.34. The van der Waals surface area contributed by atoms with Crippen LogP contribution in [0.15, 0.2) is 0 Å². The molecule has 0 radical (unpaired) electrons. The SMILES string of the molecule is CNCCCOCCCCCCO[Si](C)(C)C(C)(C)C. The van der Waals surface area contributed by atoms with Crippen LogP contribution in [0.3, 0.4) is 0 Å². The zero-order valence-corrected chi connectivity index (χ0v) is 15.7. The lowest BCUT2D eigenvalue weighted by Crippen LogP contribution is -2.40. The molecule has 0 atom stereocenters. The second-order valence-electron chi connectivity index (χ2n) is 7.09. The molecule has 20 heavy (non-hydrogen) atoms. The van der Waals surface area contributed by atoms with E-state index in [1.807, 2.05) is 7.05 Å². The minimum Gasteiger partial charge on any atom is -0.417 e. The second-order valence-corrected chi connectivity index (χ2v) is 11.9. The molecule has 0 heterocycles. The van der Waals surface area contributed by atoms with Gasteiger partial charge in [-0.25, -0.2) is 0 Å². The first kappa shape index (κ1) is 20.1. The van der Waals surface area contributed by atoms with E-state index in [0.717, 1.165) is 32.8 Å². The number of nitrogens with one attached hydrogen (secondary N) is 1. The zero-order valence-electron chi connectivity index (χ0n) is 14.7. The highest BCUT2D eigenvalue weighted by Crippen LogP contribution is 2.36. The van der Waals surface area contributed by atoms with E-state index in [0.29, 0.717) is 5.04 Å². The van der Waals surface area contributed by atoms with Crippen molar-refractivity contribution in [2.24, 2.45) is 0 Å². The molecule has 0 amide bonds. The van der Waals surface area contributed by atoms with Gasteiger partial charge >= 0.3 is 0 Å². The number of hydrogen-bond donors (Lipinski definition) is 1. The van der Waals surface area contributed by atoms with Gasteiger partial charge in [-0.2, -0.15) is 0 Å². The number of ether oxygens (including phenoxy) is 1. The molecule has 0 aromatic heterocycles. The molecule has 1 N–H and O–H groups in total. The predicted molar refractivity (Wildman–Crippen MR) is 91.0 cm³/mol. The molecule has 0 spiro atoms. The summed E-state index contributed by atoms with van der Waals surface area (Å²) in [6.45, 7) is 15.3. The van der Waals surface area contributed by atoms with Crippen molar-refractivity contribution in [1.82, 2.24) is 5.32 Å². The maximum atomic E-state index is 6.17. The molecule has 122 valence electrons. The van der Waals surface area contributed by atoms with Gasteiger partial charge in [0, 0.05) is 19.8 Å². The van der Waals surface area contributed by atoms with E-state index in [9.17, 15) is 0 Å². The zero-order chi connectivity index (χ0) is 15.5. The van der Waals surface area contributed by atoms with Crippen molar-refractivity contribution < 1.29 is 9.16 Å². The maximum absolute atomic E-state index is 6.17. The van der Waals surface area contributed by atoms with Crippen LogP contribution in [0.2, 0.25) is 18.1 Å². The Kier molecular flexibility index (Phi) is 10.8. The fraction of sp³-hybridized carbons (Fsp3) is 1.00. The van der Waals surface area contributed by atoms with Crippen LogP contribution in [0.1, 0.15) is 52.9 Å². The standard InChI is InChI=1S/C16H37NO2Si/c1-16(2,3)20(5,6)19-15-10-8-7-9-13-18-14-11-12-17-4/h17H,7-15H2,1-6H3. The van der Waals surface area contributed by atoms with E-state index in [4.69, 9.17) is 9.16 Å². The molecule has 0 bridgehead atoms. The van der Waals surface area contributed by atoms with Gasteiger partial charge in [0.15, 0.2) is 8.32 Å². The quantitative estimate of drug-likeness (QED) is 0.433. The Balaban J connectivity index is 3.33. The van der Waals surface area contributed by atoms with Gasteiger partial charge in [-0.05, 0) is 51.0 Å². The fourth-order valence-corrected chi connectivity index (χ4v) is 2.74. The van der Waals surface area contributed by atoms with Gasteiger partial charge in [-0.15, -0.1) is 0 Å².